The standard InChI is InChI=1S/C76H48N6O.Pt/c1-47-35-59-49-27-31-67-63(39-49)65-41-51(29-33-69(65)81(67)53-15-5-3-6-16-53)61-37-48(2)38-62-52-30-34-70-66(42-52)64-40-50(28-32-68(64)82(70)54-17-7-4-8-18-54)60(36-47)75(59)79-45-77(71-23-9-11-25-73(71)79)55-19-13-21-57(43-55)83-58-22-14-20-56(44-58)78-46-80(76(61)62)74-26-12-10-24-72(74)78;/h3-44H,1-2H3;. The molecule has 0 saturated carbocycles. The van der Waals surface area contributed by atoms with Gasteiger partial charge in [-0.15, -0.1) is 0 Å². The van der Waals surface area contributed by atoms with Crippen LogP contribution >= 0.6 is 0 Å². The quantitative estimate of drug-likeness (QED) is 0.172. The van der Waals surface area contributed by atoms with Crippen LogP contribution in [0.4, 0.5) is 45.5 Å². The molecule has 7 heterocycles. The van der Waals surface area contributed by atoms with Gasteiger partial charge in [-0.3, -0.25) is 0 Å². The van der Waals surface area contributed by atoms with Gasteiger partial charge in [0.05, 0.1) is 0 Å². The average Bonchev–Trinajstić information content (AvgIpc) is 2.34. The molecule has 84 heavy (non-hydrogen) atoms. The zero-order chi connectivity index (χ0) is 55.1. The molecule has 0 amide bonds. The van der Waals surface area contributed by atoms with Crippen molar-refractivity contribution in [2.75, 3.05) is 19.6 Å². The second-order valence-corrected chi connectivity index (χ2v) is 25.3. The summed E-state index contributed by atoms with van der Waals surface area (Å²) >= 11 is -1.25. The van der Waals surface area contributed by atoms with Crippen molar-refractivity contribution in [2.24, 2.45) is 0 Å². The average molecular weight is 1260 g/mol. The fourth-order valence-corrected chi connectivity index (χ4v) is 17.9. The summed E-state index contributed by atoms with van der Waals surface area (Å²) < 4.78 is 14.3. The maximum absolute atomic E-state index is 6.97. The van der Waals surface area contributed by atoms with Gasteiger partial charge in [-0.25, -0.2) is 0 Å². The number of anilines is 8. The molecule has 0 atom stereocenters. The summed E-state index contributed by atoms with van der Waals surface area (Å²) in [7, 11) is 0. The van der Waals surface area contributed by atoms with Crippen molar-refractivity contribution in [2.45, 2.75) is 13.8 Å². The number of fused-ring (bicyclic) bond motifs is 18. The molecule has 12 aromatic carbocycles. The molecular weight excluding hydrogens is 1210 g/mol. The molecular formula is C76H48N6OPt. The van der Waals surface area contributed by atoms with Crippen LogP contribution in [0.25, 0.3) is 99.5 Å². The Labute approximate surface area is 492 Å². The van der Waals surface area contributed by atoms with Crippen molar-refractivity contribution in [1.82, 2.24) is 9.13 Å². The number of rotatable bonds is 2. The van der Waals surface area contributed by atoms with Gasteiger partial charge >= 0.3 is 484 Å². The second-order valence-electron chi connectivity index (χ2n) is 22.7. The Bertz CT molecular complexity index is 4850. The number of aromatic nitrogens is 2. The number of hydrogen-bond donors (Lipinski definition) is 0. The van der Waals surface area contributed by atoms with Gasteiger partial charge in [0.25, 0.3) is 0 Å². The summed E-state index contributed by atoms with van der Waals surface area (Å²) in [6.07, 6.45) is 0. The van der Waals surface area contributed by atoms with Crippen LogP contribution in [0.3, 0.4) is 0 Å². The van der Waals surface area contributed by atoms with Gasteiger partial charge < -0.3 is 0 Å². The van der Waals surface area contributed by atoms with E-state index >= 15 is 0 Å². The maximum atomic E-state index is 6.97. The molecule has 0 aliphatic carbocycles. The fourth-order valence-electron chi connectivity index (χ4n) is 14.2. The van der Waals surface area contributed by atoms with Crippen molar-refractivity contribution in [3.8, 4) is 67.4 Å². The predicted octanol–water partition coefficient (Wildman–Crippen LogP) is 19.4. The number of para-hydroxylation sites is 6. The van der Waals surface area contributed by atoms with E-state index in [1.165, 1.54) is 41.0 Å². The zero-order valence-electron chi connectivity index (χ0n) is 45.7. The Kier molecular flexibility index (Phi) is 9.43. The summed E-state index contributed by atoms with van der Waals surface area (Å²) in [6, 6.07) is 96.1. The van der Waals surface area contributed by atoms with Gasteiger partial charge in [0.1, 0.15) is 0 Å². The Morgan fingerprint density at radius 2 is 0.607 bits per heavy atom. The molecule has 19 rings (SSSR count). The SMILES string of the molecule is Cc1cc2c3c(c1)-c1ccc4c(c1)c1cc(ccc1n4-c1ccccc1)-c1cc(C)cc(c1N1[C]4=[Pt]=[C]5N(c6cccc(c6)Oc6cccc(c6)N4c4ccccc41)c1ccccc1N53)-c1ccc3c(c1)c1cc-2ccc1n3-c1ccccc1. The minimum absolute atomic E-state index is 0.779. The first-order valence-corrected chi connectivity index (χ1v) is 30.9. The monoisotopic (exact) mass is 1260 g/mol. The van der Waals surface area contributed by atoms with Gasteiger partial charge in [-0.05, 0) is 0 Å². The van der Waals surface area contributed by atoms with Gasteiger partial charge in [0.2, 0.25) is 0 Å². The van der Waals surface area contributed by atoms with Crippen LogP contribution in [0, 0.1) is 13.8 Å². The Balaban J connectivity index is 1.09. The Morgan fingerprint density at radius 3 is 0.964 bits per heavy atom. The summed E-state index contributed by atoms with van der Waals surface area (Å²) in [5, 5.41) is 4.80. The zero-order valence-corrected chi connectivity index (χ0v) is 47.9. The van der Waals surface area contributed by atoms with E-state index in [0.29, 0.717) is 0 Å². The van der Waals surface area contributed by atoms with Crippen LogP contribution in [0.1, 0.15) is 11.1 Å². The normalized spacial score (nSPS) is 14.1. The Hall–Kier alpha value is -10.3. The summed E-state index contributed by atoms with van der Waals surface area (Å²) in [5.41, 5.74) is 27.4. The van der Waals surface area contributed by atoms with Crippen LogP contribution in [0.15, 0.2) is 255 Å². The first-order valence-electron chi connectivity index (χ1n) is 28.6. The fraction of sp³-hybridized carbons (Fsp3) is 0.0263. The number of benzene rings is 12. The van der Waals surface area contributed by atoms with Crippen molar-refractivity contribution in [1.29, 1.82) is 0 Å². The number of ether oxygens (including phenoxy) is 1. The third kappa shape index (κ3) is 6.44. The molecule has 7 nitrogen and oxygen atoms in total. The van der Waals surface area contributed by atoms with E-state index in [2.05, 4.69) is 297 Å². The van der Waals surface area contributed by atoms with E-state index in [4.69, 9.17) is 4.74 Å². The molecule has 0 fully saturated rings. The third-order valence-electron chi connectivity index (χ3n) is 17.7. The van der Waals surface area contributed by atoms with Crippen molar-refractivity contribution in [3.63, 3.8) is 0 Å². The summed E-state index contributed by atoms with van der Waals surface area (Å²) in [6.45, 7) is 4.55. The first-order chi connectivity index (χ1) is 41.5. The van der Waals surface area contributed by atoms with Gasteiger partial charge in [-0.1, -0.05) is 12.1 Å². The first kappa shape index (κ1) is 46.3. The topological polar surface area (TPSA) is 32.1 Å². The molecule has 0 spiro atoms. The molecule has 0 radical (unpaired) electrons. The summed E-state index contributed by atoms with van der Waals surface area (Å²) in [5.74, 6) is 1.56. The molecule has 0 unspecified atom stereocenters. The number of hydrogen-bond acceptors (Lipinski definition) is 5. The van der Waals surface area contributed by atoms with E-state index in [9.17, 15) is 0 Å². The second kappa shape index (κ2) is 17.1. The van der Waals surface area contributed by atoms with Crippen LogP contribution in [0.5, 0.6) is 11.5 Å². The van der Waals surface area contributed by atoms with E-state index in [-0.39, 0.29) is 0 Å². The molecule has 398 valence electrons. The van der Waals surface area contributed by atoms with Gasteiger partial charge in [0.15, 0.2) is 0 Å². The van der Waals surface area contributed by atoms with E-state index < -0.39 is 17.6 Å². The van der Waals surface area contributed by atoms with Crippen LogP contribution in [-0.4, -0.2) is 17.4 Å². The number of nitrogens with zero attached hydrogens (tertiary/aromatic N) is 6. The van der Waals surface area contributed by atoms with E-state index in [1.54, 1.807) is 0 Å². The third-order valence-corrected chi connectivity index (χ3v) is 20.7. The predicted molar refractivity (Wildman–Crippen MR) is 344 cm³/mol. The molecule has 0 saturated heterocycles. The van der Waals surface area contributed by atoms with Crippen molar-refractivity contribution in [3.05, 3.63) is 266 Å². The number of aryl methyl sites for hydroxylation is 2. The van der Waals surface area contributed by atoms with Crippen LogP contribution in [-0.2, 0) is 17.6 Å². The molecule has 14 aromatic rings. The molecule has 16 bridgehead atoms. The Morgan fingerprint density at radius 1 is 0.286 bits per heavy atom. The molecule has 2 aromatic heterocycles. The van der Waals surface area contributed by atoms with E-state index in [0.717, 1.165) is 135 Å². The van der Waals surface area contributed by atoms with Crippen molar-refractivity contribution >= 4 is 97.4 Å². The van der Waals surface area contributed by atoms with Gasteiger partial charge in [0, 0.05) is 0 Å². The molecule has 5 aliphatic heterocycles. The molecule has 5 aliphatic rings. The van der Waals surface area contributed by atoms with Gasteiger partial charge in [-0.2, -0.15) is 0 Å². The summed E-state index contributed by atoms with van der Waals surface area (Å²) in [4.78, 5) is 10.5. The van der Waals surface area contributed by atoms with Crippen LogP contribution in [0.2, 0.25) is 0 Å². The molecule has 8 heteroatoms. The minimum atomic E-state index is -1.25. The van der Waals surface area contributed by atoms with Crippen LogP contribution < -0.4 is 24.3 Å². The van der Waals surface area contributed by atoms with Crippen molar-refractivity contribution < 1.29 is 22.4 Å². The molecule has 0 N–H and O–H groups in total. The van der Waals surface area contributed by atoms with E-state index in [1.807, 2.05) is 0 Å².